The van der Waals surface area contributed by atoms with Crippen LogP contribution in [-0.2, 0) is 6.54 Å². The molecule has 0 aliphatic carbocycles. The van der Waals surface area contributed by atoms with E-state index in [1.165, 1.54) is 10.9 Å². The molecular weight excluding hydrogens is 223 g/mol. The van der Waals surface area contributed by atoms with Gasteiger partial charge in [-0.25, -0.2) is 9.37 Å². The van der Waals surface area contributed by atoms with Gasteiger partial charge in [0.2, 0.25) is 0 Å². The van der Waals surface area contributed by atoms with E-state index in [0.29, 0.717) is 12.1 Å². The molecule has 0 spiro atoms. The van der Waals surface area contributed by atoms with Gasteiger partial charge in [-0.2, -0.15) is 0 Å². The third-order valence-corrected chi connectivity index (χ3v) is 3.45. The Balaban J connectivity index is 2.05. The predicted octanol–water partition coefficient (Wildman–Crippen LogP) is 3.51. The molecule has 1 heterocycles. The summed E-state index contributed by atoms with van der Waals surface area (Å²) in [7, 11) is 0. The van der Waals surface area contributed by atoms with Crippen molar-refractivity contribution in [2.45, 2.75) is 20.4 Å². The van der Waals surface area contributed by atoms with E-state index in [1.807, 2.05) is 19.9 Å². The van der Waals surface area contributed by atoms with E-state index in [4.69, 9.17) is 0 Å². The van der Waals surface area contributed by atoms with Crippen LogP contribution in [0.15, 0.2) is 24.3 Å². The van der Waals surface area contributed by atoms with Crippen LogP contribution < -0.4 is 5.32 Å². The Hall–Kier alpha value is -1.42. The fraction of sp³-hybridized carbons (Fsp3) is 0.250. The third-order valence-electron chi connectivity index (χ3n) is 2.42. The zero-order valence-corrected chi connectivity index (χ0v) is 10.1. The van der Waals surface area contributed by atoms with E-state index in [9.17, 15) is 4.39 Å². The van der Waals surface area contributed by atoms with E-state index >= 15 is 0 Å². The van der Waals surface area contributed by atoms with Gasteiger partial charge in [0.25, 0.3) is 0 Å². The molecule has 16 heavy (non-hydrogen) atoms. The van der Waals surface area contributed by atoms with Crippen LogP contribution in [0.4, 0.5) is 9.52 Å². The number of rotatable bonds is 3. The smallest absolute Gasteiger partial charge is 0.183 e. The number of anilines is 1. The zero-order chi connectivity index (χ0) is 11.5. The monoisotopic (exact) mass is 236 g/mol. The maximum absolute atomic E-state index is 13.3. The summed E-state index contributed by atoms with van der Waals surface area (Å²) < 4.78 is 13.3. The van der Waals surface area contributed by atoms with E-state index in [0.717, 1.165) is 10.8 Å². The van der Waals surface area contributed by atoms with Crippen molar-refractivity contribution in [3.05, 3.63) is 46.2 Å². The second-order valence-electron chi connectivity index (χ2n) is 3.61. The molecule has 0 radical (unpaired) electrons. The highest BCUT2D eigenvalue weighted by Gasteiger charge is 2.04. The van der Waals surface area contributed by atoms with Gasteiger partial charge in [0, 0.05) is 17.0 Å². The normalized spacial score (nSPS) is 10.4. The molecule has 0 fully saturated rings. The molecule has 1 N–H and O–H groups in total. The summed E-state index contributed by atoms with van der Waals surface area (Å²) in [5, 5.41) is 3.98. The minimum absolute atomic E-state index is 0.181. The van der Waals surface area contributed by atoms with Crippen LogP contribution in [-0.4, -0.2) is 4.98 Å². The lowest BCUT2D eigenvalue weighted by molar-refractivity contribution is 0.613. The van der Waals surface area contributed by atoms with Gasteiger partial charge >= 0.3 is 0 Å². The summed E-state index contributed by atoms with van der Waals surface area (Å²) in [6.45, 7) is 4.47. The van der Waals surface area contributed by atoms with E-state index < -0.39 is 0 Å². The molecule has 0 saturated carbocycles. The van der Waals surface area contributed by atoms with Crippen molar-refractivity contribution in [3.8, 4) is 0 Å². The standard InChI is InChI=1S/C12H13FN2S/c1-8-9(2)16-12(15-8)14-7-10-5-3-4-6-11(10)13/h3-6H,7H2,1-2H3,(H,14,15). The van der Waals surface area contributed by atoms with Crippen LogP contribution in [0.3, 0.4) is 0 Å². The topological polar surface area (TPSA) is 24.9 Å². The summed E-state index contributed by atoms with van der Waals surface area (Å²) in [5.41, 5.74) is 1.69. The number of nitrogens with zero attached hydrogens (tertiary/aromatic N) is 1. The Labute approximate surface area is 98.2 Å². The molecule has 1 aromatic heterocycles. The zero-order valence-electron chi connectivity index (χ0n) is 9.25. The van der Waals surface area contributed by atoms with Gasteiger partial charge in [0.1, 0.15) is 5.82 Å². The second-order valence-corrected chi connectivity index (χ2v) is 4.81. The summed E-state index contributed by atoms with van der Waals surface area (Å²) in [5.74, 6) is -0.181. The van der Waals surface area contributed by atoms with Crippen LogP contribution in [0, 0.1) is 19.7 Å². The Bertz CT molecular complexity index is 474. The molecule has 0 amide bonds. The third kappa shape index (κ3) is 2.39. The Morgan fingerprint density at radius 2 is 2.06 bits per heavy atom. The number of nitrogens with one attached hydrogen (secondary N) is 1. The fourth-order valence-electron chi connectivity index (χ4n) is 1.36. The van der Waals surface area contributed by atoms with Crippen molar-refractivity contribution in [1.29, 1.82) is 0 Å². The van der Waals surface area contributed by atoms with Gasteiger partial charge in [-0.3, -0.25) is 0 Å². The molecule has 0 bridgehead atoms. The quantitative estimate of drug-likeness (QED) is 0.882. The Morgan fingerprint density at radius 3 is 2.69 bits per heavy atom. The van der Waals surface area contributed by atoms with Gasteiger partial charge in [-0.1, -0.05) is 18.2 Å². The summed E-state index contributed by atoms with van der Waals surface area (Å²) >= 11 is 1.59. The van der Waals surface area contributed by atoms with Crippen molar-refractivity contribution >= 4 is 16.5 Å². The van der Waals surface area contributed by atoms with Gasteiger partial charge in [0.15, 0.2) is 5.13 Å². The molecule has 0 aliphatic rings. The van der Waals surface area contributed by atoms with Crippen LogP contribution in [0.5, 0.6) is 0 Å². The highest BCUT2D eigenvalue weighted by molar-refractivity contribution is 7.15. The van der Waals surface area contributed by atoms with Crippen LogP contribution in [0.1, 0.15) is 16.1 Å². The van der Waals surface area contributed by atoms with Crippen molar-refractivity contribution in [2.24, 2.45) is 0 Å². The first-order valence-electron chi connectivity index (χ1n) is 5.08. The number of aryl methyl sites for hydroxylation is 2. The molecule has 0 aliphatic heterocycles. The molecule has 0 atom stereocenters. The maximum Gasteiger partial charge on any atom is 0.183 e. The Morgan fingerprint density at radius 1 is 1.31 bits per heavy atom. The number of aromatic nitrogens is 1. The minimum atomic E-state index is -0.181. The van der Waals surface area contributed by atoms with Gasteiger partial charge in [0.05, 0.1) is 5.69 Å². The lowest BCUT2D eigenvalue weighted by Gasteiger charge is -2.03. The molecule has 1 aromatic carbocycles. The van der Waals surface area contributed by atoms with E-state index in [2.05, 4.69) is 10.3 Å². The molecule has 0 unspecified atom stereocenters. The van der Waals surface area contributed by atoms with Crippen LogP contribution in [0.25, 0.3) is 0 Å². The number of hydrogen-bond acceptors (Lipinski definition) is 3. The number of hydrogen-bond donors (Lipinski definition) is 1. The molecule has 2 nitrogen and oxygen atoms in total. The maximum atomic E-state index is 13.3. The van der Waals surface area contributed by atoms with Gasteiger partial charge in [-0.15, -0.1) is 11.3 Å². The van der Waals surface area contributed by atoms with Gasteiger partial charge < -0.3 is 5.32 Å². The minimum Gasteiger partial charge on any atom is -0.357 e. The average Bonchev–Trinajstić information content (AvgIpc) is 2.57. The average molecular weight is 236 g/mol. The predicted molar refractivity (Wildman–Crippen MR) is 65.3 cm³/mol. The molecule has 2 aromatic rings. The SMILES string of the molecule is Cc1nc(NCc2ccccc2F)sc1C. The Kier molecular flexibility index (Phi) is 3.19. The first-order chi connectivity index (χ1) is 7.66. The van der Waals surface area contributed by atoms with E-state index in [1.54, 1.807) is 23.5 Å². The van der Waals surface area contributed by atoms with E-state index in [-0.39, 0.29) is 5.82 Å². The lowest BCUT2D eigenvalue weighted by atomic mass is 10.2. The number of thiazole rings is 1. The largest absolute Gasteiger partial charge is 0.357 e. The second kappa shape index (κ2) is 4.61. The first-order valence-corrected chi connectivity index (χ1v) is 5.90. The van der Waals surface area contributed by atoms with Crippen molar-refractivity contribution in [2.75, 3.05) is 5.32 Å². The number of halogens is 1. The highest BCUT2D eigenvalue weighted by atomic mass is 32.1. The van der Waals surface area contributed by atoms with Crippen molar-refractivity contribution < 1.29 is 4.39 Å². The molecular formula is C12H13FN2S. The van der Waals surface area contributed by atoms with Crippen molar-refractivity contribution in [1.82, 2.24) is 4.98 Å². The van der Waals surface area contributed by atoms with Crippen molar-refractivity contribution in [3.63, 3.8) is 0 Å². The summed E-state index contributed by atoms with van der Waals surface area (Å²) in [6.07, 6.45) is 0. The van der Waals surface area contributed by atoms with Crippen LogP contribution in [0.2, 0.25) is 0 Å². The summed E-state index contributed by atoms with van der Waals surface area (Å²) in [4.78, 5) is 5.53. The summed E-state index contributed by atoms with van der Waals surface area (Å²) in [6, 6.07) is 6.76. The lowest BCUT2D eigenvalue weighted by Crippen LogP contribution is -2.01. The first kappa shape index (κ1) is 11.1. The van der Waals surface area contributed by atoms with Gasteiger partial charge in [-0.05, 0) is 19.9 Å². The highest BCUT2D eigenvalue weighted by Crippen LogP contribution is 2.21. The molecule has 4 heteroatoms. The fourth-order valence-corrected chi connectivity index (χ4v) is 2.17. The molecule has 2 rings (SSSR count). The van der Waals surface area contributed by atoms with Crippen LogP contribution >= 0.6 is 11.3 Å². The molecule has 84 valence electrons. The number of benzene rings is 1. The molecule has 0 saturated heterocycles.